The number of rotatable bonds is 5. The van der Waals surface area contributed by atoms with Gasteiger partial charge < -0.3 is 5.32 Å². The molecule has 0 saturated heterocycles. The van der Waals surface area contributed by atoms with E-state index in [4.69, 9.17) is 0 Å². The fraction of sp³-hybridized carbons (Fsp3) is 0.200. The van der Waals surface area contributed by atoms with Crippen LogP contribution in [-0.4, -0.2) is 42.5 Å². The number of amides is 1. The van der Waals surface area contributed by atoms with Crippen LogP contribution in [0.5, 0.6) is 0 Å². The van der Waals surface area contributed by atoms with E-state index in [1.54, 1.807) is 16.8 Å². The molecule has 3 rings (SSSR count). The van der Waals surface area contributed by atoms with Gasteiger partial charge >= 0.3 is 0 Å². The first kappa shape index (κ1) is 19.8. The topological polar surface area (TPSA) is 84.3 Å². The number of aromatic nitrogens is 2. The van der Waals surface area contributed by atoms with Crippen LogP contribution in [0.25, 0.3) is 5.69 Å². The number of hydrogen-bond donors (Lipinski definition) is 1. The van der Waals surface area contributed by atoms with Crippen LogP contribution in [0.4, 0.5) is 5.69 Å². The first-order chi connectivity index (χ1) is 13.2. The number of aryl methyl sites for hydroxylation is 1. The van der Waals surface area contributed by atoms with Crippen LogP contribution in [0.2, 0.25) is 0 Å². The molecule has 0 bridgehead atoms. The van der Waals surface area contributed by atoms with E-state index in [-0.39, 0.29) is 10.8 Å². The third-order valence-electron chi connectivity index (χ3n) is 4.39. The second kappa shape index (κ2) is 7.57. The average Bonchev–Trinajstić information content (AvgIpc) is 3.03. The van der Waals surface area contributed by atoms with Crippen LogP contribution in [0.1, 0.15) is 21.6 Å². The van der Waals surface area contributed by atoms with Crippen LogP contribution in [-0.2, 0) is 10.0 Å². The van der Waals surface area contributed by atoms with Crippen LogP contribution in [0.3, 0.4) is 0 Å². The molecule has 146 valence electrons. The molecule has 0 aliphatic rings. The van der Waals surface area contributed by atoms with E-state index >= 15 is 0 Å². The molecular weight excluding hydrogens is 376 g/mol. The number of carbonyl (C=O) groups excluding carboxylic acids is 1. The molecule has 0 aliphatic carbocycles. The molecule has 0 unspecified atom stereocenters. The molecule has 0 radical (unpaired) electrons. The Morgan fingerprint density at radius 2 is 1.75 bits per heavy atom. The van der Waals surface area contributed by atoms with Crippen LogP contribution in [0.15, 0.2) is 59.6 Å². The Balaban J connectivity index is 1.81. The summed E-state index contributed by atoms with van der Waals surface area (Å²) in [6.07, 6.45) is 1.53. The summed E-state index contributed by atoms with van der Waals surface area (Å²) in [5.74, 6) is -0.306. The van der Waals surface area contributed by atoms with Gasteiger partial charge in [-0.1, -0.05) is 12.1 Å². The van der Waals surface area contributed by atoms with Crippen molar-refractivity contribution in [3.8, 4) is 5.69 Å². The maximum absolute atomic E-state index is 12.6. The third kappa shape index (κ3) is 3.83. The lowest BCUT2D eigenvalue weighted by atomic mass is 10.2. The zero-order chi connectivity index (χ0) is 20.5. The molecule has 2 aromatic carbocycles. The van der Waals surface area contributed by atoms with Gasteiger partial charge in [-0.2, -0.15) is 5.10 Å². The second-order valence-corrected chi connectivity index (χ2v) is 8.81. The van der Waals surface area contributed by atoms with Crippen LogP contribution < -0.4 is 5.32 Å². The Labute approximate surface area is 164 Å². The Morgan fingerprint density at radius 1 is 1.07 bits per heavy atom. The molecule has 0 fully saturated rings. The smallest absolute Gasteiger partial charge is 0.259 e. The summed E-state index contributed by atoms with van der Waals surface area (Å²) < 4.78 is 27.1. The zero-order valence-electron chi connectivity index (χ0n) is 16.2. The zero-order valence-corrected chi connectivity index (χ0v) is 17.0. The first-order valence-electron chi connectivity index (χ1n) is 8.66. The van der Waals surface area contributed by atoms with Gasteiger partial charge in [-0.3, -0.25) is 4.79 Å². The van der Waals surface area contributed by atoms with E-state index in [9.17, 15) is 13.2 Å². The van der Waals surface area contributed by atoms with E-state index in [0.29, 0.717) is 11.3 Å². The third-order valence-corrected chi connectivity index (χ3v) is 6.22. The molecule has 1 heterocycles. The largest absolute Gasteiger partial charge is 0.322 e. The van der Waals surface area contributed by atoms with Crippen molar-refractivity contribution in [1.29, 1.82) is 0 Å². The van der Waals surface area contributed by atoms with E-state index in [0.717, 1.165) is 21.2 Å². The van der Waals surface area contributed by atoms with E-state index < -0.39 is 10.0 Å². The Kier molecular flexibility index (Phi) is 5.35. The summed E-state index contributed by atoms with van der Waals surface area (Å²) in [5.41, 5.74) is 3.66. The summed E-state index contributed by atoms with van der Waals surface area (Å²) in [6, 6.07) is 13.9. The summed E-state index contributed by atoms with van der Waals surface area (Å²) >= 11 is 0. The van der Waals surface area contributed by atoms with E-state index in [1.165, 1.54) is 32.4 Å². The molecule has 8 heteroatoms. The van der Waals surface area contributed by atoms with Gasteiger partial charge in [-0.25, -0.2) is 17.4 Å². The molecule has 28 heavy (non-hydrogen) atoms. The maximum atomic E-state index is 12.6. The predicted molar refractivity (Wildman–Crippen MR) is 108 cm³/mol. The fourth-order valence-electron chi connectivity index (χ4n) is 2.77. The maximum Gasteiger partial charge on any atom is 0.259 e. The van der Waals surface area contributed by atoms with Crippen molar-refractivity contribution in [2.24, 2.45) is 0 Å². The second-order valence-electron chi connectivity index (χ2n) is 6.66. The lowest BCUT2D eigenvalue weighted by Crippen LogP contribution is -2.22. The van der Waals surface area contributed by atoms with Gasteiger partial charge in [0.15, 0.2) is 0 Å². The van der Waals surface area contributed by atoms with Gasteiger partial charge in [0.05, 0.1) is 28.0 Å². The fourth-order valence-corrected chi connectivity index (χ4v) is 3.67. The number of hydrogen-bond acceptors (Lipinski definition) is 4. The van der Waals surface area contributed by atoms with Crippen molar-refractivity contribution in [3.05, 3.63) is 71.5 Å². The highest BCUT2D eigenvalue weighted by Crippen LogP contribution is 2.19. The molecule has 0 aliphatic heterocycles. The Hall–Kier alpha value is -2.97. The molecule has 1 amide bonds. The van der Waals surface area contributed by atoms with Crippen molar-refractivity contribution in [1.82, 2.24) is 14.1 Å². The summed E-state index contributed by atoms with van der Waals surface area (Å²) in [4.78, 5) is 12.8. The van der Waals surface area contributed by atoms with Crippen molar-refractivity contribution >= 4 is 21.6 Å². The first-order valence-corrected chi connectivity index (χ1v) is 10.1. The number of nitrogens with one attached hydrogen (secondary N) is 1. The van der Waals surface area contributed by atoms with E-state index in [1.807, 2.05) is 38.1 Å². The lowest BCUT2D eigenvalue weighted by molar-refractivity contribution is 0.102. The molecule has 0 spiro atoms. The van der Waals surface area contributed by atoms with Gasteiger partial charge in [-0.05, 0) is 55.8 Å². The number of nitrogens with zero attached hydrogens (tertiary/aromatic N) is 3. The number of anilines is 1. The van der Waals surface area contributed by atoms with Crippen molar-refractivity contribution in [2.75, 3.05) is 19.4 Å². The van der Waals surface area contributed by atoms with Crippen LogP contribution in [0, 0.1) is 13.8 Å². The number of carbonyl (C=O) groups is 1. The minimum atomic E-state index is -3.50. The van der Waals surface area contributed by atoms with Crippen molar-refractivity contribution in [2.45, 2.75) is 18.7 Å². The van der Waals surface area contributed by atoms with Gasteiger partial charge in [-0.15, -0.1) is 0 Å². The van der Waals surface area contributed by atoms with E-state index in [2.05, 4.69) is 10.4 Å². The quantitative estimate of drug-likeness (QED) is 0.716. The molecule has 3 aromatic rings. The summed E-state index contributed by atoms with van der Waals surface area (Å²) in [7, 11) is -0.561. The molecule has 0 atom stereocenters. The standard InChI is InChI=1S/C20H22N4O3S/c1-14-6-5-7-17(12-14)24-15(2)19(13-21-24)20(25)22-16-8-10-18(11-9-16)28(26,27)23(3)4/h5-13H,1-4H3,(H,22,25). The Morgan fingerprint density at radius 3 is 2.36 bits per heavy atom. The van der Waals surface area contributed by atoms with Gasteiger partial charge in [0.1, 0.15) is 0 Å². The predicted octanol–water partition coefficient (Wildman–Crippen LogP) is 2.99. The minimum absolute atomic E-state index is 0.166. The minimum Gasteiger partial charge on any atom is -0.322 e. The highest BCUT2D eigenvalue weighted by atomic mass is 32.2. The monoisotopic (exact) mass is 398 g/mol. The SMILES string of the molecule is Cc1cccc(-n2ncc(C(=O)Nc3ccc(S(=O)(=O)N(C)C)cc3)c2C)c1. The van der Waals surface area contributed by atoms with Crippen molar-refractivity contribution in [3.63, 3.8) is 0 Å². The van der Waals surface area contributed by atoms with Crippen molar-refractivity contribution < 1.29 is 13.2 Å². The highest BCUT2D eigenvalue weighted by Gasteiger charge is 2.18. The number of sulfonamides is 1. The molecule has 0 saturated carbocycles. The normalized spacial score (nSPS) is 11.6. The Bertz CT molecular complexity index is 1120. The molecular formula is C20H22N4O3S. The van der Waals surface area contributed by atoms with Crippen LogP contribution >= 0.6 is 0 Å². The average molecular weight is 398 g/mol. The van der Waals surface area contributed by atoms with Gasteiger partial charge in [0.2, 0.25) is 10.0 Å². The van der Waals surface area contributed by atoms with Gasteiger partial charge in [0.25, 0.3) is 5.91 Å². The summed E-state index contributed by atoms with van der Waals surface area (Å²) in [5, 5.41) is 7.11. The number of benzene rings is 2. The van der Waals surface area contributed by atoms with Gasteiger partial charge in [0, 0.05) is 19.8 Å². The summed E-state index contributed by atoms with van der Waals surface area (Å²) in [6.45, 7) is 3.83. The molecule has 7 nitrogen and oxygen atoms in total. The molecule has 1 N–H and O–H groups in total. The molecule has 1 aromatic heterocycles. The lowest BCUT2D eigenvalue weighted by Gasteiger charge is -2.12. The highest BCUT2D eigenvalue weighted by molar-refractivity contribution is 7.89.